The highest BCUT2D eigenvalue weighted by atomic mass is 32.2. The summed E-state index contributed by atoms with van der Waals surface area (Å²) in [5, 5.41) is 2.98. The van der Waals surface area contributed by atoms with Gasteiger partial charge in [0, 0.05) is 6.54 Å². The van der Waals surface area contributed by atoms with Crippen LogP contribution in [-0.2, 0) is 10.0 Å². The fourth-order valence-corrected chi connectivity index (χ4v) is 1.87. The second-order valence-corrected chi connectivity index (χ2v) is 4.93. The molecule has 0 radical (unpaired) electrons. The molecule has 0 bridgehead atoms. The van der Waals surface area contributed by atoms with Crippen molar-refractivity contribution in [3.05, 3.63) is 12.7 Å². The average Bonchev–Trinajstić information content (AvgIpc) is 2.02. The van der Waals surface area contributed by atoms with Crippen LogP contribution in [0.25, 0.3) is 0 Å². The van der Waals surface area contributed by atoms with Gasteiger partial charge in [0.05, 0.1) is 5.75 Å². The van der Waals surface area contributed by atoms with Gasteiger partial charge >= 0.3 is 0 Å². The summed E-state index contributed by atoms with van der Waals surface area (Å²) in [5.41, 5.74) is 0. The van der Waals surface area contributed by atoms with Crippen LogP contribution in [0.4, 0.5) is 0 Å². The Morgan fingerprint density at radius 3 is 2.54 bits per heavy atom. The third kappa shape index (κ3) is 6.74. The van der Waals surface area contributed by atoms with Crippen molar-refractivity contribution in [2.45, 2.75) is 6.92 Å². The van der Waals surface area contributed by atoms with Crippen molar-refractivity contribution in [3.8, 4) is 0 Å². The molecule has 0 aliphatic heterocycles. The molecule has 0 amide bonds. The largest absolute Gasteiger partial charge is 0.319 e. The summed E-state index contributed by atoms with van der Waals surface area (Å²) in [5.74, 6) is 0.281. The van der Waals surface area contributed by atoms with Crippen molar-refractivity contribution < 1.29 is 8.42 Å². The van der Waals surface area contributed by atoms with Gasteiger partial charge in [-0.15, -0.1) is 6.58 Å². The molecule has 0 aromatic carbocycles. The quantitative estimate of drug-likeness (QED) is 0.574. The molecule has 0 spiro atoms. The first-order valence-electron chi connectivity index (χ1n) is 4.24. The molecule has 0 aliphatic carbocycles. The lowest BCUT2D eigenvalue weighted by atomic mass is 10.2. The lowest BCUT2D eigenvalue weighted by molar-refractivity contribution is 0.520. The maximum Gasteiger partial charge on any atom is 0.215 e. The Morgan fingerprint density at radius 1 is 1.46 bits per heavy atom. The lowest BCUT2D eigenvalue weighted by Crippen LogP contribution is -2.33. The first-order valence-corrected chi connectivity index (χ1v) is 5.90. The van der Waals surface area contributed by atoms with Crippen LogP contribution in [0.15, 0.2) is 12.7 Å². The van der Waals surface area contributed by atoms with Gasteiger partial charge in [-0.1, -0.05) is 13.0 Å². The molecule has 0 aromatic heterocycles. The van der Waals surface area contributed by atoms with E-state index in [1.54, 1.807) is 0 Å². The zero-order valence-electron chi connectivity index (χ0n) is 8.21. The van der Waals surface area contributed by atoms with Crippen LogP contribution in [0.3, 0.4) is 0 Å². The van der Waals surface area contributed by atoms with Gasteiger partial charge in [-0.25, -0.2) is 13.1 Å². The van der Waals surface area contributed by atoms with Crippen LogP contribution in [0.1, 0.15) is 6.92 Å². The minimum Gasteiger partial charge on any atom is -0.319 e. The predicted octanol–water partition coefficient (Wildman–Crippen LogP) is -0.0527. The molecule has 1 atom stereocenters. The maximum atomic E-state index is 11.1. The average molecular weight is 206 g/mol. The fourth-order valence-electron chi connectivity index (χ4n) is 0.904. The smallest absolute Gasteiger partial charge is 0.215 e. The van der Waals surface area contributed by atoms with Gasteiger partial charge in [-0.3, -0.25) is 0 Å². The molecule has 13 heavy (non-hydrogen) atoms. The third-order valence-corrected chi connectivity index (χ3v) is 2.82. The van der Waals surface area contributed by atoms with E-state index in [0.717, 1.165) is 6.54 Å². The summed E-state index contributed by atoms with van der Waals surface area (Å²) >= 11 is 0. The van der Waals surface area contributed by atoms with Gasteiger partial charge in [0.25, 0.3) is 0 Å². The number of hydrogen-bond acceptors (Lipinski definition) is 3. The van der Waals surface area contributed by atoms with Gasteiger partial charge in [0.15, 0.2) is 0 Å². The molecule has 0 saturated carbocycles. The molecule has 0 aromatic rings. The minimum atomic E-state index is -3.14. The van der Waals surface area contributed by atoms with Gasteiger partial charge in [0.2, 0.25) is 10.0 Å². The number of nitrogens with one attached hydrogen (secondary N) is 2. The number of hydrogen-bond donors (Lipinski definition) is 2. The van der Waals surface area contributed by atoms with Gasteiger partial charge in [0.1, 0.15) is 0 Å². The molecule has 5 heteroatoms. The van der Waals surface area contributed by atoms with E-state index < -0.39 is 10.0 Å². The van der Waals surface area contributed by atoms with Crippen molar-refractivity contribution in [3.63, 3.8) is 0 Å². The van der Waals surface area contributed by atoms with Gasteiger partial charge in [-0.2, -0.15) is 0 Å². The van der Waals surface area contributed by atoms with E-state index in [2.05, 4.69) is 16.6 Å². The summed E-state index contributed by atoms with van der Waals surface area (Å²) in [7, 11) is -1.30. The molecular weight excluding hydrogens is 188 g/mol. The van der Waals surface area contributed by atoms with Crippen LogP contribution in [0.2, 0.25) is 0 Å². The summed E-state index contributed by atoms with van der Waals surface area (Å²) in [6, 6.07) is 0. The van der Waals surface area contributed by atoms with E-state index in [-0.39, 0.29) is 5.75 Å². The molecule has 0 saturated heterocycles. The van der Waals surface area contributed by atoms with Crippen molar-refractivity contribution in [1.82, 2.24) is 10.0 Å². The molecule has 2 N–H and O–H groups in total. The van der Waals surface area contributed by atoms with Crippen molar-refractivity contribution in [2.75, 3.05) is 25.9 Å². The molecule has 0 rings (SSSR count). The van der Waals surface area contributed by atoms with Crippen LogP contribution in [0, 0.1) is 5.92 Å². The zero-order valence-corrected chi connectivity index (χ0v) is 9.02. The topological polar surface area (TPSA) is 58.2 Å². The molecule has 4 nitrogen and oxygen atoms in total. The van der Waals surface area contributed by atoms with E-state index in [1.165, 1.54) is 6.08 Å². The number of rotatable bonds is 7. The van der Waals surface area contributed by atoms with Gasteiger partial charge in [-0.05, 0) is 19.5 Å². The van der Waals surface area contributed by atoms with Gasteiger partial charge < -0.3 is 5.32 Å². The van der Waals surface area contributed by atoms with E-state index in [1.807, 2.05) is 14.0 Å². The van der Waals surface area contributed by atoms with E-state index in [0.29, 0.717) is 12.5 Å². The monoisotopic (exact) mass is 206 g/mol. The molecule has 0 heterocycles. The molecule has 1 unspecified atom stereocenters. The first kappa shape index (κ1) is 12.6. The van der Waals surface area contributed by atoms with E-state index in [9.17, 15) is 8.42 Å². The van der Waals surface area contributed by atoms with Crippen molar-refractivity contribution in [1.29, 1.82) is 0 Å². The maximum absolute atomic E-state index is 11.1. The Labute approximate surface area is 80.5 Å². The SMILES string of the molecule is C=CCS(=O)(=O)NCC(C)CNC. The molecule has 0 fully saturated rings. The summed E-state index contributed by atoms with van der Waals surface area (Å²) in [6.07, 6.45) is 1.38. The highest BCUT2D eigenvalue weighted by Crippen LogP contribution is 1.92. The third-order valence-electron chi connectivity index (χ3n) is 1.54. The minimum absolute atomic E-state index is 0.0146. The zero-order chi connectivity index (χ0) is 10.3. The van der Waals surface area contributed by atoms with Crippen LogP contribution >= 0.6 is 0 Å². The first-order chi connectivity index (χ1) is 6.02. The summed E-state index contributed by atoms with van der Waals surface area (Å²) < 4.78 is 24.8. The van der Waals surface area contributed by atoms with Crippen LogP contribution in [-0.4, -0.2) is 34.3 Å². The van der Waals surface area contributed by atoms with E-state index in [4.69, 9.17) is 0 Å². The standard InChI is InChI=1S/C8H18N2O2S/c1-4-5-13(11,12)10-7-8(2)6-9-3/h4,8-10H,1,5-7H2,2-3H3. The van der Waals surface area contributed by atoms with Crippen molar-refractivity contribution >= 4 is 10.0 Å². The Bertz CT molecular complexity index is 237. The number of sulfonamides is 1. The van der Waals surface area contributed by atoms with Crippen LogP contribution in [0.5, 0.6) is 0 Å². The Morgan fingerprint density at radius 2 is 2.08 bits per heavy atom. The molecular formula is C8H18N2O2S. The predicted molar refractivity (Wildman–Crippen MR) is 55.1 cm³/mol. The fraction of sp³-hybridized carbons (Fsp3) is 0.750. The van der Waals surface area contributed by atoms with Crippen LogP contribution < -0.4 is 10.0 Å². The summed E-state index contributed by atoms with van der Waals surface area (Å²) in [4.78, 5) is 0. The molecule has 0 aliphatic rings. The van der Waals surface area contributed by atoms with E-state index >= 15 is 0 Å². The Hall–Kier alpha value is -0.390. The summed E-state index contributed by atoms with van der Waals surface area (Å²) in [6.45, 7) is 6.63. The second kappa shape index (κ2) is 6.12. The van der Waals surface area contributed by atoms with Crippen molar-refractivity contribution in [2.24, 2.45) is 5.92 Å². The molecule has 78 valence electrons. The second-order valence-electron chi connectivity index (χ2n) is 3.08. The Balaban J connectivity index is 3.80. The highest BCUT2D eigenvalue weighted by Gasteiger charge is 2.08. The normalized spacial score (nSPS) is 14.0. The highest BCUT2D eigenvalue weighted by molar-refractivity contribution is 7.89. The lowest BCUT2D eigenvalue weighted by Gasteiger charge is -2.11. The Kier molecular flexibility index (Phi) is 5.94.